The van der Waals surface area contributed by atoms with E-state index in [2.05, 4.69) is 22.0 Å². The minimum absolute atomic E-state index is 0.105. The van der Waals surface area contributed by atoms with E-state index in [-0.39, 0.29) is 18.2 Å². The molecule has 1 saturated carbocycles. The molecule has 0 amide bonds. The van der Waals surface area contributed by atoms with Gasteiger partial charge in [0.15, 0.2) is 5.60 Å². The molecule has 204 valence electrons. The van der Waals surface area contributed by atoms with Crippen molar-refractivity contribution in [3.05, 3.63) is 88.6 Å². The van der Waals surface area contributed by atoms with E-state index in [1.807, 2.05) is 42.5 Å². The van der Waals surface area contributed by atoms with Crippen molar-refractivity contribution in [3.8, 4) is 23.8 Å². The zero-order valence-electron chi connectivity index (χ0n) is 22.2. The quantitative estimate of drug-likeness (QED) is 0.486. The van der Waals surface area contributed by atoms with Crippen LogP contribution in [-0.2, 0) is 15.9 Å². The van der Waals surface area contributed by atoms with Crippen molar-refractivity contribution in [2.75, 3.05) is 46.6 Å². The van der Waals surface area contributed by atoms with Crippen LogP contribution in [0.25, 0.3) is 0 Å². The molecule has 2 aromatic carbocycles. The van der Waals surface area contributed by atoms with Crippen LogP contribution >= 0.6 is 0 Å². The Hall–Kier alpha value is -3.99. The Morgan fingerprint density at radius 3 is 2.42 bits per heavy atom. The number of hydrogen-bond acceptors (Lipinski definition) is 9. The molecular formula is C31H30N4O5. The van der Waals surface area contributed by atoms with Crippen molar-refractivity contribution in [2.45, 2.75) is 17.1 Å². The topological polar surface area (TPSA) is 132 Å². The van der Waals surface area contributed by atoms with Gasteiger partial charge in [-0.15, -0.1) is 0 Å². The van der Waals surface area contributed by atoms with Gasteiger partial charge in [-0.1, -0.05) is 42.5 Å². The molecule has 3 aromatic rings. The third-order valence-electron chi connectivity index (χ3n) is 8.77. The third kappa shape index (κ3) is 3.71. The Bertz CT molecular complexity index is 1480. The highest BCUT2D eigenvalue weighted by Gasteiger charge is 2.76. The number of nitriles is 2. The second-order valence-electron chi connectivity index (χ2n) is 10.5. The molecular weight excluding hydrogens is 508 g/mol. The molecule has 9 heteroatoms. The van der Waals surface area contributed by atoms with E-state index in [0.29, 0.717) is 55.3 Å². The molecule has 40 heavy (non-hydrogen) atoms. The first-order valence-electron chi connectivity index (χ1n) is 13.4. The van der Waals surface area contributed by atoms with E-state index in [4.69, 9.17) is 14.2 Å². The summed E-state index contributed by atoms with van der Waals surface area (Å²) in [7, 11) is 1.46. The Morgan fingerprint density at radius 2 is 1.80 bits per heavy atom. The van der Waals surface area contributed by atoms with Crippen molar-refractivity contribution in [1.82, 2.24) is 9.88 Å². The molecule has 6 rings (SSSR count). The minimum Gasteiger partial charge on any atom is -0.481 e. The second-order valence-corrected chi connectivity index (χ2v) is 10.5. The van der Waals surface area contributed by atoms with E-state index in [1.54, 1.807) is 18.2 Å². The number of aliphatic hydroxyl groups is 2. The Labute approximate surface area is 232 Å². The van der Waals surface area contributed by atoms with Crippen LogP contribution in [-0.4, -0.2) is 66.7 Å². The summed E-state index contributed by atoms with van der Waals surface area (Å²) in [5.41, 5.74) is -0.630. The maximum Gasteiger partial charge on any atom is 0.224 e. The number of aliphatic hydroxyl groups excluding tert-OH is 1. The molecule has 2 N–H and O–H groups in total. The van der Waals surface area contributed by atoms with Gasteiger partial charge in [0, 0.05) is 50.1 Å². The fourth-order valence-corrected chi connectivity index (χ4v) is 7.13. The largest absolute Gasteiger partial charge is 0.481 e. The number of fused-ring (bicyclic) bond motifs is 3. The molecule has 3 aliphatic rings. The summed E-state index contributed by atoms with van der Waals surface area (Å²) in [6, 6.07) is 22.6. The summed E-state index contributed by atoms with van der Waals surface area (Å²) in [6.45, 7) is 2.84. The molecule has 2 aliphatic heterocycles. The van der Waals surface area contributed by atoms with E-state index >= 15 is 0 Å². The van der Waals surface area contributed by atoms with Crippen molar-refractivity contribution in [1.29, 1.82) is 10.5 Å². The monoisotopic (exact) mass is 538 g/mol. The van der Waals surface area contributed by atoms with Crippen LogP contribution in [0.15, 0.2) is 60.7 Å². The van der Waals surface area contributed by atoms with E-state index in [0.717, 1.165) is 5.56 Å². The van der Waals surface area contributed by atoms with Crippen LogP contribution < -0.4 is 9.47 Å². The lowest BCUT2D eigenvalue weighted by molar-refractivity contribution is -0.135. The first-order valence-corrected chi connectivity index (χ1v) is 13.4. The standard InChI is InChI=1S/C31H30N4O5/c1-38-29-28-26(15-23(17-33)34-29)40-31(22-9-7-20(16-32)8-10-22)27(21-5-3-2-4-6-21)24(19-36)25(30(28,31)37)18-35-11-13-39-14-12-35/h2-10,15,24-25,27,36-37H,11-14,18-19H2,1H3. The fourth-order valence-electron chi connectivity index (χ4n) is 7.13. The van der Waals surface area contributed by atoms with Crippen LogP contribution in [0.1, 0.15) is 33.9 Å². The highest BCUT2D eigenvalue weighted by atomic mass is 16.5. The number of methoxy groups -OCH3 is 1. The molecule has 0 radical (unpaired) electrons. The Morgan fingerprint density at radius 1 is 1.07 bits per heavy atom. The van der Waals surface area contributed by atoms with Gasteiger partial charge in [0.1, 0.15) is 23.1 Å². The lowest BCUT2D eigenvalue weighted by atomic mass is 9.70. The number of aromatic nitrogens is 1. The number of nitrogens with zero attached hydrogens (tertiary/aromatic N) is 4. The highest BCUT2D eigenvalue weighted by Crippen LogP contribution is 2.71. The average molecular weight is 539 g/mol. The summed E-state index contributed by atoms with van der Waals surface area (Å²) >= 11 is 0. The number of rotatable bonds is 6. The van der Waals surface area contributed by atoms with Crippen molar-refractivity contribution >= 4 is 0 Å². The Balaban J connectivity index is 1.67. The molecule has 3 heterocycles. The van der Waals surface area contributed by atoms with Crippen LogP contribution in [0.3, 0.4) is 0 Å². The van der Waals surface area contributed by atoms with Crippen molar-refractivity contribution in [2.24, 2.45) is 11.8 Å². The molecule has 1 saturated heterocycles. The van der Waals surface area contributed by atoms with E-state index in [9.17, 15) is 20.7 Å². The summed E-state index contributed by atoms with van der Waals surface area (Å²) in [4.78, 5) is 6.65. The van der Waals surface area contributed by atoms with E-state index in [1.165, 1.54) is 7.11 Å². The molecule has 9 nitrogen and oxygen atoms in total. The summed E-state index contributed by atoms with van der Waals surface area (Å²) < 4.78 is 18.2. The number of hydrogen-bond donors (Lipinski definition) is 2. The molecule has 0 bridgehead atoms. The summed E-state index contributed by atoms with van der Waals surface area (Å²) in [5.74, 6) is -0.991. The molecule has 0 spiro atoms. The van der Waals surface area contributed by atoms with Gasteiger partial charge < -0.3 is 24.4 Å². The first-order chi connectivity index (χ1) is 19.5. The number of morpholine rings is 1. The Kier molecular flexibility index (Phi) is 6.69. The summed E-state index contributed by atoms with van der Waals surface area (Å²) in [5, 5.41) is 43.6. The zero-order chi connectivity index (χ0) is 27.9. The maximum absolute atomic E-state index is 13.4. The van der Waals surface area contributed by atoms with Crippen LogP contribution in [0.5, 0.6) is 11.6 Å². The average Bonchev–Trinajstić information content (AvgIpc) is 3.39. The predicted octanol–water partition coefficient (Wildman–Crippen LogP) is 2.66. The third-order valence-corrected chi connectivity index (χ3v) is 8.77. The van der Waals surface area contributed by atoms with Crippen molar-refractivity contribution in [3.63, 3.8) is 0 Å². The van der Waals surface area contributed by atoms with Gasteiger partial charge in [-0.05, 0) is 23.3 Å². The molecule has 5 unspecified atom stereocenters. The van der Waals surface area contributed by atoms with Gasteiger partial charge in [0.05, 0.1) is 37.5 Å². The fraction of sp³-hybridized carbons (Fsp3) is 0.387. The maximum atomic E-state index is 13.4. The van der Waals surface area contributed by atoms with Gasteiger partial charge in [-0.2, -0.15) is 10.5 Å². The predicted molar refractivity (Wildman–Crippen MR) is 143 cm³/mol. The van der Waals surface area contributed by atoms with Crippen LogP contribution in [0.4, 0.5) is 0 Å². The zero-order valence-corrected chi connectivity index (χ0v) is 22.2. The van der Waals surface area contributed by atoms with Gasteiger partial charge in [0.2, 0.25) is 5.88 Å². The lowest BCUT2D eigenvalue weighted by Crippen LogP contribution is -2.53. The smallest absolute Gasteiger partial charge is 0.224 e. The number of pyridine rings is 1. The van der Waals surface area contributed by atoms with Crippen LogP contribution in [0.2, 0.25) is 0 Å². The summed E-state index contributed by atoms with van der Waals surface area (Å²) in [6.07, 6.45) is 0. The van der Waals surface area contributed by atoms with Gasteiger partial charge in [-0.25, -0.2) is 4.98 Å². The molecule has 1 aliphatic carbocycles. The van der Waals surface area contributed by atoms with Crippen LogP contribution in [0, 0.1) is 34.5 Å². The second kappa shape index (κ2) is 10.2. The molecule has 5 atom stereocenters. The SMILES string of the molecule is COc1nc(C#N)cc2c1C1(O)C(CN3CCOCC3)C(CO)C(c3ccccc3)C1(c1ccc(C#N)cc1)O2. The number of benzene rings is 2. The van der Waals surface area contributed by atoms with Gasteiger partial charge in [-0.3, -0.25) is 4.90 Å². The van der Waals surface area contributed by atoms with E-state index < -0.39 is 29.0 Å². The first kappa shape index (κ1) is 26.2. The van der Waals surface area contributed by atoms with Crippen molar-refractivity contribution < 1.29 is 24.4 Å². The van der Waals surface area contributed by atoms with Gasteiger partial charge >= 0.3 is 0 Å². The lowest BCUT2D eigenvalue weighted by Gasteiger charge is -2.42. The normalized spacial score (nSPS) is 29.1. The van der Waals surface area contributed by atoms with Gasteiger partial charge in [0.25, 0.3) is 0 Å². The molecule has 1 aromatic heterocycles. The number of ether oxygens (including phenoxy) is 3. The minimum atomic E-state index is -1.71. The highest BCUT2D eigenvalue weighted by molar-refractivity contribution is 5.60. The molecule has 2 fully saturated rings.